The van der Waals surface area contributed by atoms with Crippen molar-refractivity contribution in [3.63, 3.8) is 0 Å². The number of thiophene rings is 1. The molecule has 88 valence electrons. The van der Waals surface area contributed by atoms with Gasteiger partial charge in [-0.3, -0.25) is 10.4 Å². The Kier molecular flexibility index (Phi) is 3.39. The molecule has 5 heteroatoms. The average molecular weight is 246 g/mol. The molecule has 2 heterocycles. The van der Waals surface area contributed by atoms with Crippen LogP contribution in [0.4, 0.5) is 5.69 Å². The van der Waals surface area contributed by atoms with Gasteiger partial charge in [-0.2, -0.15) is 0 Å². The van der Waals surface area contributed by atoms with Crippen molar-refractivity contribution in [1.29, 1.82) is 5.41 Å². The Balaban J connectivity index is 2.09. The molecule has 2 aromatic heterocycles. The van der Waals surface area contributed by atoms with Gasteiger partial charge >= 0.3 is 0 Å². The molecule has 0 aliphatic heterocycles. The molecule has 0 atom stereocenters. The lowest BCUT2D eigenvalue weighted by Gasteiger charge is -2.18. The minimum Gasteiger partial charge on any atom is -0.382 e. The Labute approximate surface area is 104 Å². The number of anilines is 1. The Morgan fingerprint density at radius 2 is 2.29 bits per heavy atom. The Bertz CT molecular complexity index is 490. The quantitative estimate of drug-likeness (QED) is 0.641. The van der Waals surface area contributed by atoms with E-state index in [0.29, 0.717) is 5.69 Å². The third-order valence-electron chi connectivity index (χ3n) is 2.44. The predicted molar refractivity (Wildman–Crippen MR) is 71.7 cm³/mol. The van der Waals surface area contributed by atoms with Gasteiger partial charge in [0, 0.05) is 11.9 Å². The van der Waals surface area contributed by atoms with E-state index in [1.54, 1.807) is 23.6 Å². The highest BCUT2D eigenvalue weighted by molar-refractivity contribution is 7.09. The van der Waals surface area contributed by atoms with Crippen LogP contribution in [0.5, 0.6) is 0 Å². The fraction of sp³-hybridized carbons (Fsp3) is 0.167. The third kappa shape index (κ3) is 2.82. The first-order chi connectivity index (χ1) is 8.16. The molecule has 0 amide bonds. The van der Waals surface area contributed by atoms with Crippen LogP contribution in [0, 0.1) is 5.41 Å². The molecule has 4 nitrogen and oxygen atoms in total. The standard InChI is InChI=1S/C12H14N4S/c1-16(8-10-3-2-6-17-10)9-4-5-11(12(13)14)15-7-9/h2-7H,8H2,1H3,(H3,13,14). The molecule has 2 rings (SSSR count). The van der Waals surface area contributed by atoms with Crippen molar-refractivity contribution in [1.82, 2.24) is 4.98 Å². The molecular formula is C12H14N4S. The van der Waals surface area contributed by atoms with Gasteiger partial charge < -0.3 is 10.6 Å². The first-order valence-corrected chi connectivity index (χ1v) is 6.09. The maximum Gasteiger partial charge on any atom is 0.141 e. The summed E-state index contributed by atoms with van der Waals surface area (Å²) in [7, 11) is 2.02. The van der Waals surface area contributed by atoms with Crippen LogP contribution in [0.1, 0.15) is 10.6 Å². The fourth-order valence-electron chi connectivity index (χ4n) is 1.50. The number of amidine groups is 1. The molecule has 0 aliphatic carbocycles. The van der Waals surface area contributed by atoms with Gasteiger partial charge in [0.1, 0.15) is 11.5 Å². The summed E-state index contributed by atoms with van der Waals surface area (Å²) in [5, 5.41) is 9.34. The first kappa shape index (κ1) is 11.6. The highest BCUT2D eigenvalue weighted by Crippen LogP contribution is 2.17. The van der Waals surface area contributed by atoms with Gasteiger partial charge in [-0.15, -0.1) is 11.3 Å². The van der Waals surface area contributed by atoms with Crippen LogP contribution in [-0.2, 0) is 6.54 Å². The summed E-state index contributed by atoms with van der Waals surface area (Å²) in [6, 6.07) is 7.85. The SMILES string of the molecule is CN(Cc1cccs1)c1ccc(C(=N)N)nc1. The van der Waals surface area contributed by atoms with Crippen LogP contribution < -0.4 is 10.6 Å². The number of hydrogen-bond acceptors (Lipinski definition) is 4. The lowest BCUT2D eigenvalue weighted by atomic mass is 10.3. The topological polar surface area (TPSA) is 66.0 Å². The Hall–Kier alpha value is -1.88. The Morgan fingerprint density at radius 1 is 1.47 bits per heavy atom. The lowest BCUT2D eigenvalue weighted by Crippen LogP contribution is -2.17. The van der Waals surface area contributed by atoms with E-state index in [4.69, 9.17) is 11.1 Å². The van der Waals surface area contributed by atoms with Crippen molar-refractivity contribution in [2.45, 2.75) is 6.54 Å². The molecule has 0 unspecified atom stereocenters. The zero-order valence-corrected chi connectivity index (χ0v) is 10.4. The minimum absolute atomic E-state index is 0.00235. The van der Waals surface area contributed by atoms with Crippen LogP contribution in [0.15, 0.2) is 35.8 Å². The molecule has 17 heavy (non-hydrogen) atoms. The van der Waals surface area contributed by atoms with Gasteiger partial charge in [-0.25, -0.2) is 0 Å². The van der Waals surface area contributed by atoms with E-state index in [1.165, 1.54) is 4.88 Å². The highest BCUT2D eigenvalue weighted by Gasteiger charge is 2.04. The van der Waals surface area contributed by atoms with Gasteiger partial charge in [0.05, 0.1) is 18.4 Å². The summed E-state index contributed by atoms with van der Waals surface area (Å²) in [6.07, 6.45) is 1.74. The average Bonchev–Trinajstić information content (AvgIpc) is 2.82. The van der Waals surface area contributed by atoms with E-state index in [2.05, 4.69) is 21.3 Å². The summed E-state index contributed by atoms with van der Waals surface area (Å²) in [6.45, 7) is 0.860. The Morgan fingerprint density at radius 3 is 2.82 bits per heavy atom. The van der Waals surface area contributed by atoms with Crippen molar-refractivity contribution >= 4 is 22.9 Å². The second-order valence-corrected chi connectivity index (χ2v) is 4.78. The number of hydrogen-bond donors (Lipinski definition) is 2. The van der Waals surface area contributed by atoms with Gasteiger partial charge in [0.25, 0.3) is 0 Å². The highest BCUT2D eigenvalue weighted by atomic mass is 32.1. The van der Waals surface area contributed by atoms with Crippen molar-refractivity contribution in [3.8, 4) is 0 Å². The van der Waals surface area contributed by atoms with Crippen LogP contribution in [0.2, 0.25) is 0 Å². The summed E-state index contributed by atoms with van der Waals surface area (Å²) >= 11 is 1.74. The molecule has 0 fully saturated rings. The molecule has 0 aliphatic rings. The summed E-state index contributed by atoms with van der Waals surface area (Å²) in [4.78, 5) is 7.56. The second kappa shape index (κ2) is 4.97. The molecule has 2 aromatic rings. The number of nitrogens with one attached hydrogen (secondary N) is 1. The van der Waals surface area contributed by atoms with Crippen molar-refractivity contribution in [2.24, 2.45) is 5.73 Å². The monoisotopic (exact) mass is 246 g/mol. The number of nitrogens with two attached hydrogens (primary N) is 1. The van der Waals surface area contributed by atoms with E-state index >= 15 is 0 Å². The maximum absolute atomic E-state index is 7.28. The third-order valence-corrected chi connectivity index (χ3v) is 3.30. The van der Waals surface area contributed by atoms with E-state index in [1.807, 2.05) is 19.2 Å². The van der Waals surface area contributed by atoms with Crippen molar-refractivity contribution in [3.05, 3.63) is 46.4 Å². The molecule has 0 saturated carbocycles. The number of nitrogens with zero attached hydrogens (tertiary/aromatic N) is 2. The lowest BCUT2D eigenvalue weighted by molar-refractivity contribution is 0.934. The van der Waals surface area contributed by atoms with Crippen LogP contribution in [-0.4, -0.2) is 17.9 Å². The smallest absolute Gasteiger partial charge is 0.141 e. The molecule has 0 spiro atoms. The maximum atomic E-state index is 7.28. The van der Waals surface area contributed by atoms with E-state index < -0.39 is 0 Å². The van der Waals surface area contributed by atoms with Gasteiger partial charge in [-0.05, 0) is 23.6 Å². The summed E-state index contributed by atoms with van der Waals surface area (Å²) < 4.78 is 0. The molecule has 0 radical (unpaired) electrons. The number of pyridine rings is 1. The minimum atomic E-state index is -0.00235. The zero-order chi connectivity index (χ0) is 12.3. The normalized spacial score (nSPS) is 10.2. The van der Waals surface area contributed by atoms with Crippen LogP contribution in [0.25, 0.3) is 0 Å². The van der Waals surface area contributed by atoms with Gasteiger partial charge in [-0.1, -0.05) is 6.07 Å². The molecule has 0 aromatic carbocycles. The fourth-order valence-corrected chi connectivity index (χ4v) is 2.26. The van der Waals surface area contributed by atoms with Crippen LogP contribution in [0.3, 0.4) is 0 Å². The summed E-state index contributed by atoms with van der Waals surface area (Å²) in [5.41, 5.74) is 6.89. The van der Waals surface area contributed by atoms with E-state index in [9.17, 15) is 0 Å². The molecule has 0 saturated heterocycles. The number of nitrogen functional groups attached to an aromatic ring is 1. The number of rotatable bonds is 4. The summed E-state index contributed by atoms with van der Waals surface area (Å²) in [5.74, 6) is -0.00235. The van der Waals surface area contributed by atoms with E-state index in [-0.39, 0.29) is 5.84 Å². The predicted octanol–water partition coefficient (Wildman–Crippen LogP) is 2.06. The molecule has 3 N–H and O–H groups in total. The van der Waals surface area contributed by atoms with Gasteiger partial charge in [0.2, 0.25) is 0 Å². The number of aromatic nitrogens is 1. The molecular weight excluding hydrogens is 232 g/mol. The second-order valence-electron chi connectivity index (χ2n) is 3.75. The van der Waals surface area contributed by atoms with E-state index in [0.717, 1.165) is 12.2 Å². The zero-order valence-electron chi connectivity index (χ0n) is 9.55. The largest absolute Gasteiger partial charge is 0.382 e. The first-order valence-electron chi connectivity index (χ1n) is 5.21. The van der Waals surface area contributed by atoms with Crippen LogP contribution >= 0.6 is 11.3 Å². The van der Waals surface area contributed by atoms with Gasteiger partial charge in [0.15, 0.2) is 0 Å². The molecule has 0 bridgehead atoms. The van der Waals surface area contributed by atoms with Crippen molar-refractivity contribution < 1.29 is 0 Å². The van der Waals surface area contributed by atoms with Crippen molar-refractivity contribution in [2.75, 3.05) is 11.9 Å².